The Labute approximate surface area is 104 Å². The molecule has 0 amide bonds. The maximum atomic E-state index is 12.6. The molecule has 0 saturated heterocycles. The minimum Gasteiger partial charge on any atom is -0.222 e. The van der Waals surface area contributed by atoms with Crippen molar-refractivity contribution in [1.82, 2.24) is 4.98 Å². The van der Waals surface area contributed by atoms with Gasteiger partial charge in [-0.15, -0.1) is 11.3 Å². The van der Waals surface area contributed by atoms with Gasteiger partial charge in [0.15, 0.2) is 5.03 Å². The fraction of sp³-hybridized carbons (Fsp3) is 0. The Morgan fingerprint density at radius 2 is 1.88 bits per heavy atom. The maximum absolute atomic E-state index is 12.6. The summed E-state index contributed by atoms with van der Waals surface area (Å²) in [5.74, 6) is 0. The lowest BCUT2D eigenvalue weighted by Gasteiger charge is -1.95. The molecule has 0 bridgehead atoms. The molecule has 0 unspecified atom stereocenters. The van der Waals surface area contributed by atoms with E-state index in [0.29, 0.717) is 5.01 Å². The Kier molecular flexibility index (Phi) is 3.09. The molecule has 0 fully saturated rings. The van der Waals surface area contributed by atoms with Gasteiger partial charge in [-0.1, -0.05) is 31.9 Å². The van der Waals surface area contributed by atoms with Crippen LogP contribution in [0.4, 0.5) is 3.89 Å². The van der Waals surface area contributed by atoms with Crippen molar-refractivity contribution in [3.63, 3.8) is 0 Å². The molecule has 1 aromatic heterocycles. The first-order chi connectivity index (χ1) is 7.47. The van der Waals surface area contributed by atoms with Crippen molar-refractivity contribution >= 4 is 37.5 Å². The summed E-state index contributed by atoms with van der Waals surface area (Å²) in [5, 5.41) is 1.13. The Hall–Kier alpha value is -0.790. The summed E-state index contributed by atoms with van der Waals surface area (Å²) in [6.45, 7) is 0. The summed E-state index contributed by atoms with van der Waals surface area (Å²) in [4.78, 5) is 3.72. The van der Waals surface area contributed by atoms with Crippen LogP contribution in [0, 0.1) is 0 Å². The van der Waals surface area contributed by atoms with Gasteiger partial charge in [0.25, 0.3) is 0 Å². The van der Waals surface area contributed by atoms with Gasteiger partial charge in [0.1, 0.15) is 5.01 Å². The van der Waals surface area contributed by atoms with Gasteiger partial charge in [-0.2, -0.15) is 8.42 Å². The summed E-state index contributed by atoms with van der Waals surface area (Å²) in [5.41, 5.74) is 0.753. The van der Waals surface area contributed by atoms with Gasteiger partial charge in [0, 0.05) is 15.4 Å². The number of rotatable bonds is 2. The van der Waals surface area contributed by atoms with Gasteiger partial charge in [0.05, 0.1) is 0 Å². The molecule has 3 nitrogen and oxygen atoms in total. The number of benzene rings is 1. The highest BCUT2D eigenvalue weighted by atomic mass is 79.9. The van der Waals surface area contributed by atoms with Crippen molar-refractivity contribution in [2.24, 2.45) is 0 Å². The number of aromatic nitrogens is 1. The zero-order valence-corrected chi connectivity index (χ0v) is 10.9. The van der Waals surface area contributed by atoms with Crippen LogP contribution in [0.1, 0.15) is 0 Å². The summed E-state index contributed by atoms with van der Waals surface area (Å²) < 4.78 is 34.7. The van der Waals surface area contributed by atoms with Gasteiger partial charge in [0.2, 0.25) is 0 Å². The highest BCUT2D eigenvalue weighted by Gasteiger charge is 2.16. The molecule has 0 atom stereocenters. The normalized spacial score (nSPS) is 11.6. The molecule has 0 spiro atoms. The van der Waals surface area contributed by atoms with Crippen LogP contribution >= 0.6 is 27.3 Å². The minimum absolute atomic E-state index is 0.476. The number of nitrogens with zero attached hydrogens (tertiary/aromatic N) is 1. The number of halogens is 2. The Balaban J connectivity index is 2.43. The Bertz CT molecular complexity index is 607. The van der Waals surface area contributed by atoms with Gasteiger partial charge in [-0.05, 0) is 12.1 Å². The topological polar surface area (TPSA) is 47.0 Å². The molecule has 0 saturated carbocycles. The van der Waals surface area contributed by atoms with E-state index in [-0.39, 0.29) is 0 Å². The Morgan fingerprint density at radius 1 is 1.25 bits per heavy atom. The number of hydrogen-bond donors (Lipinski definition) is 0. The molecular formula is C9H5BrFNO2S2. The van der Waals surface area contributed by atoms with E-state index in [2.05, 4.69) is 20.9 Å². The highest BCUT2D eigenvalue weighted by Crippen LogP contribution is 2.27. The van der Waals surface area contributed by atoms with Crippen LogP contribution in [-0.4, -0.2) is 13.4 Å². The second-order valence-electron chi connectivity index (χ2n) is 2.94. The number of thiazole rings is 1. The van der Waals surface area contributed by atoms with E-state index in [4.69, 9.17) is 0 Å². The molecule has 1 heterocycles. The van der Waals surface area contributed by atoms with Gasteiger partial charge in [-0.3, -0.25) is 0 Å². The molecule has 7 heteroatoms. The van der Waals surface area contributed by atoms with Gasteiger partial charge in [-0.25, -0.2) is 4.98 Å². The van der Waals surface area contributed by atoms with E-state index in [1.807, 2.05) is 0 Å². The predicted molar refractivity (Wildman–Crippen MR) is 63.5 cm³/mol. The summed E-state index contributed by atoms with van der Waals surface area (Å²) in [6.07, 6.45) is 0. The predicted octanol–water partition coefficient (Wildman–Crippen LogP) is 3.23. The first-order valence-corrected chi connectivity index (χ1v) is 7.18. The first kappa shape index (κ1) is 11.7. The third kappa shape index (κ3) is 2.47. The van der Waals surface area contributed by atoms with Crippen LogP contribution < -0.4 is 0 Å². The Morgan fingerprint density at radius 3 is 2.38 bits per heavy atom. The van der Waals surface area contributed by atoms with E-state index < -0.39 is 15.2 Å². The molecule has 0 aliphatic carbocycles. The van der Waals surface area contributed by atoms with Crippen molar-refractivity contribution in [2.75, 3.05) is 0 Å². The van der Waals surface area contributed by atoms with Crippen LogP contribution in [0.15, 0.2) is 39.1 Å². The van der Waals surface area contributed by atoms with Gasteiger partial charge >= 0.3 is 10.2 Å². The lowest BCUT2D eigenvalue weighted by molar-refractivity contribution is 0.549. The largest absolute Gasteiger partial charge is 0.350 e. The molecule has 16 heavy (non-hydrogen) atoms. The van der Waals surface area contributed by atoms with E-state index in [9.17, 15) is 12.3 Å². The smallest absolute Gasteiger partial charge is 0.222 e. The van der Waals surface area contributed by atoms with Crippen molar-refractivity contribution in [1.29, 1.82) is 0 Å². The molecule has 2 rings (SSSR count). The van der Waals surface area contributed by atoms with Crippen LogP contribution in [0.5, 0.6) is 0 Å². The molecule has 0 aliphatic heterocycles. The fourth-order valence-electron chi connectivity index (χ4n) is 1.10. The highest BCUT2D eigenvalue weighted by molar-refractivity contribution is 9.10. The third-order valence-corrected chi connectivity index (χ3v) is 4.10. The van der Waals surface area contributed by atoms with E-state index in [1.54, 1.807) is 24.3 Å². The van der Waals surface area contributed by atoms with Crippen molar-refractivity contribution in [2.45, 2.75) is 5.03 Å². The summed E-state index contributed by atoms with van der Waals surface area (Å²) >= 11 is 4.37. The van der Waals surface area contributed by atoms with Crippen LogP contribution in [0.25, 0.3) is 10.6 Å². The van der Waals surface area contributed by atoms with E-state index in [0.717, 1.165) is 21.4 Å². The first-order valence-electron chi connectivity index (χ1n) is 4.13. The van der Waals surface area contributed by atoms with Crippen LogP contribution in [0.3, 0.4) is 0 Å². The maximum Gasteiger partial charge on any atom is 0.350 e. The number of hydrogen-bond acceptors (Lipinski definition) is 4. The monoisotopic (exact) mass is 321 g/mol. The molecule has 0 radical (unpaired) electrons. The molecule has 0 N–H and O–H groups in total. The molecule has 1 aromatic carbocycles. The second kappa shape index (κ2) is 4.23. The van der Waals surface area contributed by atoms with Crippen molar-refractivity contribution in [3.8, 4) is 10.6 Å². The molecule has 2 aromatic rings. The lowest BCUT2D eigenvalue weighted by atomic mass is 10.2. The zero-order valence-electron chi connectivity index (χ0n) is 7.72. The average Bonchev–Trinajstić information content (AvgIpc) is 2.67. The lowest BCUT2D eigenvalue weighted by Crippen LogP contribution is -1.91. The fourth-order valence-corrected chi connectivity index (χ4v) is 2.91. The molecule has 0 aliphatic rings. The summed E-state index contributed by atoms with van der Waals surface area (Å²) in [6, 6.07) is 7.16. The summed E-state index contributed by atoms with van der Waals surface area (Å²) in [7, 11) is -4.71. The third-order valence-electron chi connectivity index (χ3n) is 1.82. The quantitative estimate of drug-likeness (QED) is 0.798. The second-order valence-corrected chi connectivity index (χ2v) is 6.00. The van der Waals surface area contributed by atoms with E-state index in [1.165, 1.54) is 5.38 Å². The molecular weight excluding hydrogens is 317 g/mol. The minimum atomic E-state index is -4.71. The SMILES string of the molecule is O=S(=O)(F)c1csc(-c2ccc(Br)cc2)n1. The standard InChI is InChI=1S/C9H5BrFNO2S2/c10-7-3-1-6(2-4-7)9-12-8(5-15-9)16(11,13)14/h1-5H. The van der Waals surface area contributed by atoms with Crippen LogP contribution in [-0.2, 0) is 10.2 Å². The zero-order chi connectivity index (χ0) is 11.8. The van der Waals surface area contributed by atoms with E-state index >= 15 is 0 Å². The average molecular weight is 322 g/mol. The van der Waals surface area contributed by atoms with Gasteiger partial charge < -0.3 is 0 Å². The van der Waals surface area contributed by atoms with Crippen molar-refractivity contribution < 1.29 is 12.3 Å². The van der Waals surface area contributed by atoms with Crippen molar-refractivity contribution in [3.05, 3.63) is 34.1 Å². The van der Waals surface area contributed by atoms with Crippen LogP contribution in [0.2, 0.25) is 0 Å². The molecule has 84 valence electrons.